The summed E-state index contributed by atoms with van der Waals surface area (Å²) in [6, 6.07) is 5.68. The molecule has 0 aliphatic heterocycles. The number of nitrogens with zero attached hydrogens (tertiary/aromatic N) is 3. The number of hydrogen-bond acceptors (Lipinski definition) is 4. The van der Waals surface area contributed by atoms with Gasteiger partial charge >= 0.3 is 5.97 Å². The van der Waals surface area contributed by atoms with Crippen LogP contribution in [0.3, 0.4) is 0 Å². The summed E-state index contributed by atoms with van der Waals surface area (Å²) in [6.07, 6.45) is 2.55. The first kappa shape index (κ1) is 16.0. The molecule has 7 heteroatoms. The highest BCUT2D eigenvalue weighted by Gasteiger charge is 2.13. The van der Waals surface area contributed by atoms with E-state index in [0.29, 0.717) is 11.7 Å². The number of thioether (sulfide) groups is 1. The van der Waals surface area contributed by atoms with Crippen molar-refractivity contribution >= 4 is 33.7 Å². The normalized spacial score (nSPS) is 11.0. The lowest BCUT2D eigenvalue weighted by atomic mass is 10.1. The Hall–Kier alpha value is -1.34. The van der Waals surface area contributed by atoms with E-state index in [2.05, 4.69) is 39.9 Å². The molecule has 5 nitrogen and oxygen atoms in total. The molecule has 0 unspecified atom stereocenters. The van der Waals surface area contributed by atoms with Crippen molar-refractivity contribution in [2.45, 2.75) is 25.3 Å². The number of aromatic nitrogens is 3. The number of carbonyl (C=O) groups is 1. The maximum Gasteiger partial charge on any atom is 0.313 e. The first-order valence-electron chi connectivity index (χ1n) is 6.51. The van der Waals surface area contributed by atoms with Gasteiger partial charge in [-0.2, -0.15) is 5.10 Å². The molecule has 0 spiro atoms. The van der Waals surface area contributed by atoms with Gasteiger partial charge in [-0.25, -0.2) is 9.67 Å². The van der Waals surface area contributed by atoms with Crippen LogP contribution in [-0.2, 0) is 11.2 Å². The molecule has 0 fully saturated rings. The Morgan fingerprint density at radius 3 is 2.81 bits per heavy atom. The van der Waals surface area contributed by atoms with Gasteiger partial charge in [-0.05, 0) is 46.5 Å². The van der Waals surface area contributed by atoms with Crippen LogP contribution in [0.1, 0.15) is 19.5 Å². The molecule has 0 saturated heterocycles. The van der Waals surface area contributed by atoms with Crippen LogP contribution < -0.4 is 0 Å². The average Bonchev–Trinajstić information content (AvgIpc) is 2.79. The van der Waals surface area contributed by atoms with Crippen molar-refractivity contribution in [1.29, 1.82) is 0 Å². The molecule has 0 saturated carbocycles. The molecule has 0 aliphatic carbocycles. The van der Waals surface area contributed by atoms with Gasteiger partial charge in [0.1, 0.15) is 5.03 Å². The van der Waals surface area contributed by atoms with Crippen molar-refractivity contribution in [2.24, 2.45) is 5.92 Å². The van der Waals surface area contributed by atoms with Gasteiger partial charge in [0.15, 0.2) is 5.82 Å². The minimum absolute atomic E-state index is 0.00331. The quantitative estimate of drug-likeness (QED) is 0.790. The summed E-state index contributed by atoms with van der Waals surface area (Å²) in [5.74, 6) is 0.329. The summed E-state index contributed by atoms with van der Waals surface area (Å²) in [5.41, 5.74) is 0.947. The third-order valence-electron chi connectivity index (χ3n) is 2.62. The number of hydrogen-bond donors (Lipinski definition) is 1. The summed E-state index contributed by atoms with van der Waals surface area (Å²) in [7, 11) is 0. The largest absolute Gasteiger partial charge is 0.481 e. The van der Waals surface area contributed by atoms with Gasteiger partial charge in [0.2, 0.25) is 0 Å². The van der Waals surface area contributed by atoms with E-state index in [4.69, 9.17) is 5.11 Å². The van der Waals surface area contributed by atoms with Gasteiger partial charge in [0.05, 0.1) is 11.4 Å². The van der Waals surface area contributed by atoms with Crippen LogP contribution >= 0.6 is 27.7 Å². The Morgan fingerprint density at radius 1 is 1.48 bits per heavy atom. The maximum absolute atomic E-state index is 10.8. The van der Waals surface area contributed by atoms with Gasteiger partial charge in [0, 0.05) is 10.7 Å². The van der Waals surface area contributed by atoms with Gasteiger partial charge in [-0.3, -0.25) is 4.79 Å². The fourth-order valence-corrected chi connectivity index (χ4v) is 2.81. The molecular formula is C14H16BrN3O2S. The molecule has 0 aromatic carbocycles. The summed E-state index contributed by atoms with van der Waals surface area (Å²) in [6.45, 7) is 4.25. The molecule has 0 bridgehead atoms. The summed E-state index contributed by atoms with van der Waals surface area (Å²) in [4.78, 5) is 15.1. The van der Waals surface area contributed by atoms with Crippen LogP contribution in [0.15, 0.2) is 33.9 Å². The van der Waals surface area contributed by atoms with E-state index in [9.17, 15) is 4.79 Å². The molecule has 2 aromatic rings. The van der Waals surface area contributed by atoms with Gasteiger partial charge < -0.3 is 5.11 Å². The van der Waals surface area contributed by atoms with E-state index in [0.717, 1.165) is 21.6 Å². The zero-order valence-corrected chi connectivity index (χ0v) is 14.2. The molecule has 0 aliphatic rings. The van der Waals surface area contributed by atoms with E-state index in [1.165, 1.54) is 11.8 Å². The monoisotopic (exact) mass is 369 g/mol. The van der Waals surface area contributed by atoms with Crippen LogP contribution in [0, 0.1) is 5.92 Å². The van der Waals surface area contributed by atoms with Crippen molar-refractivity contribution in [3.63, 3.8) is 0 Å². The summed E-state index contributed by atoms with van der Waals surface area (Å²) < 4.78 is 2.60. The van der Waals surface area contributed by atoms with Gasteiger partial charge in [0.25, 0.3) is 0 Å². The lowest BCUT2D eigenvalue weighted by Crippen LogP contribution is -2.04. The number of carboxylic acid groups (broad SMARTS) is 1. The number of carboxylic acids is 1. The number of aliphatic carboxylic acids is 1. The first-order chi connectivity index (χ1) is 9.95. The van der Waals surface area contributed by atoms with E-state index < -0.39 is 5.97 Å². The molecule has 21 heavy (non-hydrogen) atoms. The van der Waals surface area contributed by atoms with Crippen LogP contribution in [0.4, 0.5) is 0 Å². The lowest BCUT2D eigenvalue weighted by molar-refractivity contribution is -0.133. The van der Waals surface area contributed by atoms with E-state index in [1.54, 1.807) is 10.9 Å². The Labute approximate surface area is 135 Å². The van der Waals surface area contributed by atoms with Crippen molar-refractivity contribution in [3.8, 4) is 5.82 Å². The minimum atomic E-state index is -0.845. The second-order valence-corrected chi connectivity index (χ2v) is 6.91. The molecule has 0 amide bonds. The zero-order chi connectivity index (χ0) is 15.4. The highest BCUT2D eigenvalue weighted by Crippen LogP contribution is 2.24. The van der Waals surface area contributed by atoms with Crippen LogP contribution in [0.25, 0.3) is 5.82 Å². The predicted octanol–water partition coefficient (Wildman–Crippen LogP) is 3.41. The van der Waals surface area contributed by atoms with Crippen molar-refractivity contribution in [3.05, 3.63) is 34.6 Å². The Kier molecular flexibility index (Phi) is 5.41. The molecule has 1 N–H and O–H groups in total. The molecule has 0 atom stereocenters. The van der Waals surface area contributed by atoms with E-state index >= 15 is 0 Å². The number of halogens is 1. The Balaban J connectivity index is 2.33. The van der Waals surface area contributed by atoms with Gasteiger partial charge in [-0.1, -0.05) is 25.6 Å². The fourth-order valence-electron chi connectivity index (χ4n) is 1.82. The van der Waals surface area contributed by atoms with Gasteiger partial charge in [-0.15, -0.1) is 0 Å². The molecule has 2 rings (SSSR count). The van der Waals surface area contributed by atoms with Crippen molar-refractivity contribution < 1.29 is 9.90 Å². The zero-order valence-electron chi connectivity index (χ0n) is 11.8. The molecule has 2 aromatic heterocycles. The van der Waals surface area contributed by atoms with Crippen molar-refractivity contribution in [2.75, 3.05) is 5.75 Å². The van der Waals surface area contributed by atoms with Crippen LogP contribution in [0.5, 0.6) is 0 Å². The number of pyridine rings is 1. The standard InChI is InChI=1S/C14H16BrN3O2S/c1-9(2)5-11-6-13(21-8-14(19)20)18(17-11)12-4-3-10(15)7-16-12/h3-4,6-7,9H,5,8H2,1-2H3,(H,19,20). The third-order valence-corrected chi connectivity index (χ3v) is 4.06. The average molecular weight is 370 g/mol. The summed E-state index contributed by atoms with van der Waals surface area (Å²) >= 11 is 4.60. The third kappa shape index (κ3) is 4.57. The number of rotatable bonds is 6. The second-order valence-electron chi connectivity index (χ2n) is 5.00. The molecule has 112 valence electrons. The van der Waals surface area contributed by atoms with Crippen molar-refractivity contribution in [1.82, 2.24) is 14.8 Å². The molecule has 2 heterocycles. The highest BCUT2D eigenvalue weighted by atomic mass is 79.9. The fraction of sp³-hybridized carbons (Fsp3) is 0.357. The topological polar surface area (TPSA) is 68.0 Å². The lowest BCUT2D eigenvalue weighted by Gasteiger charge is -2.05. The maximum atomic E-state index is 10.8. The first-order valence-corrected chi connectivity index (χ1v) is 8.29. The highest BCUT2D eigenvalue weighted by molar-refractivity contribution is 9.10. The summed E-state index contributed by atoms with van der Waals surface area (Å²) in [5, 5.41) is 14.2. The van der Waals surface area contributed by atoms with E-state index in [1.807, 2.05) is 18.2 Å². The smallest absolute Gasteiger partial charge is 0.313 e. The second kappa shape index (κ2) is 7.09. The van der Waals surface area contributed by atoms with Crippen LogP contribution in [-0.4, -0.2) is 31.6 Å². The predicted molar refractivity (Wildman–Crippen MR) is 86.0 cm³/mol. The Morgan fingerprint density at radius 2 is 2.24 bits per heavy atom. The minimum Gasteiger partial charge on any atom is -0.481 e. The Bertz CT molecular complexity index is 626. The van der Waals surface area contributed by atoms with E-state index in [-0.39, 0.29) is 5.75 Å². The van der Waals surface area contributed by atoms with Crippen LogP contribution in [0.2, 0.25) is 0 Å². The molecule has 0 radical (unpaired) electrons. The SMILES string of the molecule is CC(C)Cc1cc(SCC(=O)O)n(-c2ccc(Br)cn2)n1. The molecular weight excluding hydrogens is 354 g/mol.